The van der Waals surface area contributed by atoms with Gasteiger partial charge in [0.25, 0.3) is 0 Å². The molecule has 218 valence electrons. The third kappa shape index (κ3) is 4.42. The Bertz CT molecular complexity index is 2460. The van der Waals surface area contributed by atoms with E-state index in [-0.39, 0.29) is 0 Å². The van der Waals surface area contributed by atoms with E-state index in [0.717, 1.165) is 63.0 Å². The molecule has 1 aliphatic carbocycles. The minimum atomic E-state index is 0.877. The van der Waals surface area contributed by atoms with Crippen LogP contribution in [0.4, 0.5) is 17.1 Å². The van der Waals surface area contributed by atoms with Gasteiger partial charge < -0.3 is 9.32 Å². The molecule has 1 aliphatic rings. The molecular formula is C44H31NO. The van der Waals surface area contributed by atoms with Crippen molar-refractivity contribution in [2.45, 2.75) is 12.8 Å². The number of furan rings is 1. The van der Waals surface area contributed by atoms with Crippen LogP contribution in [-0.4, -0.2) is 0 Å². The first-order valence-electron chi connectivity index (χ1n) is 16.0. The summed E-state index contributed by atoms with van der Waals surface area (Å²) in [5.41, 5.74) is 9.88. The lowest BCUT2D eigenvalue weighted by molar-refractivity contribution is 0.669. The molecule has 0 unspecified atom stereocenters. The summed E-state index contributed by atoms with van der Waals surface area (Å²) >= 11 is 0. The van der Waals surface area contributed by atoms with E-state index < -0.39 is 0 Å². The number of hydrogen-bond donors (Lipinski definition) is 0. The summed E-state index contributed by atoms with van der Waals surface area (Å²) in [6, 6.07) is 52.4. The average Bonchev–Trinajstić information content (AvgIpc) is 3.51. The molecule has 0 atom stereocenters. The monoisotopic (exact) mass is 589 g/mol. The predicted octanol–water partition coefficient (Wildman–Crippen LogP) is 12.8. The van der Waals surface area contributed by atoms with Crippen molar-refractivity contribution < 1.29 is 4.42 Å². The highest BCUT2D eigenvalue weighted by molar-refractivity contribution is 6.19. The lowest BCUT2D eigenvalue weighted by atomic mass is 9.96. The normalized spacial score (nSPS) is 13.1. The molecular weight excluding hydrogens is 558 g/mol. The van der Waals surface area contributed by atoms with E-state index in [1.54, 1.807) is 0 Å². The quantitative estimate of drug-likeness (QED) is 0.186. The standard InChI is InChI=1S/C44H31NO/c1-3-13-30(14-4-1)32-23-25-35(26-24-32)45(40-27-33-17-7-8-18-36(33)37-19-9-10-20-38(37)40)41-28-34(31-15-5-2-6-16-31)29-43-44(41)39-21-11-12-22-42(39)46-43/h2-3,5-29H,1,4H2. The lowest BCUT2D eigenvalue weighted by Crippen LogP contribution is -2.11. The van der Waals surface area contributed by atoms with Crippen LogP contribution in [0.3, 0.4) is 0 Å². The van der Waals surface area contributed by atoms with Crippen LogP contribution in [0.5, 0.6) is 0 Å². The number of nitrogens with zero attached hydrogens (tertiary/aromatic N) is 1. The smallest absolute Gasteiger partial charge is 0.138 e. The highest BCUT2D eigenvalue weighted by Crippen LogP contribution is 2.48. The number of fused-ring (bicyclic) bond motifs is 6. The fraction of sp³-hybridized carbons (Fsp3) is 0.0455. The SMILES string of the molecule is C1=CC(c2ccc(N(c3cc4ccccc4c4ccccc34)c3cc(-c4ccccc4)cc4oc5ccccc5c34)cc2)=CCC1. The van der Waals surface area contributed by atoms with Gasteiger partial charge in [0, 0.05) is 16.5 Å². The maximum absolute atomic E-state index is 6.59. The van der Waals surface area contributed by atoms with Gasteiger partial charge in [-0.05, 0) is 87.7 Å². The molecule has 0 N–H and O–H groups in total. The van der Waals surface area contributed by atoms with E-state index in [9.17, 15) is 0 Å². The molecule has 2 nitrogen and oxygen atoms in total. The fourth-order valence-corrected chi connectivity index (χ4v) is 7.06. The van der Waals surface area contributed by atoms with Crippen LogP contribution < -0.4 is 4.90 Å². The van der Waals surface area contributed by atoms with Crippen molar-refractivity contribution in [3.63, 3.8) is 0 Å². The van der Waals surface area contributed by atoms with Crippen molar-refractivity contribution in [1.29, 1.82) is 0 Å². The third-order valence-corrected chi connectivity index (χ3v) is 9.25. The summed E-state index contributed by atoms with van der Waals surface area (Å²) in [5.74, 6) is 0. The van der Waals surface area contributed by atoms with E-state index in [1.807, 2.05) is 6.07 Å². The molecule has 46 heavy (non-hydrogen) atoms. The van der Waals surface area contributed by atoms with Gasteiger partial charge in [-0.25, -0.2) is 0 Å². The Morgan fingerprint density at radius 3 is 2.00 bits per heavy atom. The van der Waals surface area contributed by atoms with Crippen LogP contribution in [0.25, 0.3) is 60.2 Å². The minimum absolute atomic E-state index is 0.877. The number of para-hydroxylation sites is 1. The van der Waals surface area contributed by atoms with Crippen LogP contribution >= 0.6 is 0 Å². The first kappa shape index (κ1) is 26.5. The Balaban J connectivity index is 1.38. The van der Waals surface area contributed by atoms with E-state index in [1.165, 1.54) is 32.7 Å². The average molecular weight is 590 g/mol. The number of anilines is 3. The fourth-order valence-electron chi connectivity index (χ4n) is 7.06. The molecule has 0 radical (unpaired) electrons. The zero-order valence-electron chi connectivity index (χ0n) is 25.4. The van der Waals surface area contributed by atoms with Gasteiger partial charge in [0.15, 0.2) is 0 Å². The molecule has 8 aromatic rings. The summed E-state index contributed by atoms with van der Waals surface area (Å²) in [6.45, 7) is 0. The van der Waals surface area contributed by atoms with Gasteiger partial charge in [-0.3, -0.25) is 0 Å². The van der Waals surface area contributed by atoms with Crippen molar-refractivity contribution in [3.05, 3.63) is 169 Å². The van der Waals surface area contributed by atoms with Crippen LogP contribution in [-0.2, 0) is 0 Å². The Labute approximate surface area is 268 Å². The molecule has 0 saturated carbocycles. The molecule has 0 saturated heterocycles. The topological polar surface area (TPSA) is 16.4 Å². The molecule has 1 heterocycles. The molecule has 0 aliphatic heterocycles. The van der Waals surface area contributed by atoms with Gasteiger partial charge in [0.05, 0.1) is 16.8 Å². The van der Waals surface area contributed by atoms with Crippen molar-refractivity contribution in [3.8, 4) is 11.1 Å². The molecule has 1 aromatic heterocycles. The molecule has 0 fully saturated rings. The number of hydrogen-bond acceptors (Lipinski definition) is 2. The van der Waals surface area contributed by atoms with Gasteiger partial charge in [-0.2, -0.15) is 0 Å². The van der Waals surface area contributed by atoms with Crippen LogP contribution in [0.2, 0.25) is 0 Å². The second-order valence-electron chi connectivity index (χ2n) is 12.0. The van der Waals surface area contributed by atoms with E-state index in [2.05, 4.69) is 163 Å². The summed E-state index contributed by atoms with van der Waals surface area (Å²) in [4.78, 5) is 2.44. The van der Waals surface area contributed by atoms with Gasteiger partial charge in [-0.15, -0.1) is 0 Å². The second kappa shape index (κ2) is 10.9. The maximum Gasteiger partial charge on any atom is 0.138 e. The summed E-state index contributed by atoms with van der Waals surface area (Å²) in [5, 5.41) is 7.12. The zero-order valence-corrected chi connectivity index (χ0v) is 25.4. The van der Waals surface area contributed by atoms with Crippen molar-refractivity contribution >= 4 is 66.1 Å². The molecule has 9 rings (SSSR count). The van der Waals surface area contributed by atoms with Crippen molar-refractivity contribution in [2.75, 3.05) is 4.90 Å². The Morgan fingerprint density at radius 2 is 1.20 bits per heavy atom. The maximum atomic E-state index is 6.59. The third-order valence-electron chi connectivity index (χ3n) is 9.25. The first-order chi connectivity index (χ1) is 22.8. The van der Waals surface area contributed by atoms with E-state index in [0.29, 0.717) is 0 Å². The van der Waals surface area contributed by atoms with E-state index in [4.69, 9.17) is 4.42 Å². The van der Waals surface area contributed by atoms with Crippen molar-refractivity contribution in [1.82, 2.24) is 0 Å². The summed E-state index contributed by atoms with van der Waals surface area (Å²) in [6.07, 6.45) is 9.05. The molecule has 0 bridgehead atoms. The predicted molar refractivity (Wildman–Crippen MR) is 195 cm³/mol. The van der Waals surface area contributed by atoms with Gasteiger partial charge >= 0.3 is 0 Å². The number of rotatable bonds is 5. The van der Waals surface area contributed by atoms with Crippen LogP contribution in [0, 0.1) is 0 Å². The molecule has 2 heteroatoms. The Hall–Kier alpha value is -5.86. The highest BCUT2D eigenvalue weighted by Gasteiger charge is 2.23. The van der Waals surface area contributed by atoms with Gasteiger partial charge in [0.1, 0.15) is 11.2 Å². The summed E-state index contributed by atoms with van der Waals surface area (Å²) < 4.78 is 6.59. The highest BCUT2D eigenvalue weighted by atomic mass is 16.3. The summed E-state index contributed by atoms with van der Waals surface area (Å²) in [7, 11) is 0. The molecule has 0 amide bonds. The van der Waals surface area contributed by atoms with Gasteiger partial charge in [0.2, 0.25) is 0 Å². The van der Waals surface area contributed by atoms with E-state index >= 15 is 0 Å². The minimum Gasteiger partial charge on any atom is -0.456 e. The number of benzene rings is 7. The Kier molecular flexibility index (Phi) is 6.31. The largest absolute Gasteiger partial charge is 0.456 e. The molecule has 0 spiro atoms. The van der Waals surface area contributed by atoms with Crippen molar-refractivity contribution in [2.24, 2.45) is 0 Å². The van der Waals surface area contributed by atoms with Gasteiger partial charge in [-0.1, -0.05) is 127 Å². The lowest BCUT2D eigenvalue weighted by Gasteiger charge is -2.29. The van der Waals surface area contributed by atoms with Crippen LogP contribution in [0.15, 0.2) is 168 Å². The first-order valence-corrected chi connectivity index (χ1v) is 16.0. The molecule has 7 aromatic carbocycles. The van der Waals surface area contributed by atoms with Crippen LogP contribution in [0.1, 0.15) is 18.4 Å². The number of allylic oxidation sites excluding steroid dienone is 4. The second-order valence-corrected chi connectivity index (χ2v) is 12.0. The Morgan fingerprint density at radius 1 is 0.478 bits per heavy atom. The zero-order chi connectivity index (χ0) is 30.5.